The average molecular weight is 287 g/mol. The summed E-state index contributed by atoms with van der Waals surface area (Å²) >= 11 is -0.166. The van der Waals surface area contributed by atoms with Crippen molar-refractivity contribution in [2.24, 2.45) is 0 Å². The summed E-state index contributed by atoms with van der Waals surface area (Å²) in [6.45, 7) is 3.74. The van der Waals surface area contributed by atoms with E-state index in [1.54, 1.807) is 6.08 Å². The summed E-state index contributed by atoms with van der Waals surface area (Å²) in [6, 6.07) is 17.5. The number of benzene rings is 2. The Labute approximate surface area is 107 Å². The van der Waals surface area contributed by atoms with Crippen molar-refractivity contribution in [3.63, 3.8) is 0 Å². The van der Waals surface area contributed by atoms with E-state index in [4.69, 9.17) is 0 Å². The Hall–Kier alpha value is -1.63. The van der Waals surface area contributed by atoms with Crippen molar-refractivity contribution >= 4 is 30.2 Å². The van der Waals surface area contributed by atoms with Gasteiger partial charge in [-0.15, -0.1) is 0 Å². The fourth-order valence-corrected chi connectivity index (χ4v) is 3.20. The van der Waals surface area contributed by atoms with Crippen LogP contribution in [0.5, 0.6) is 0 Å². The van der Waals surface area contributed by atoms with Crippen LogP contribution in [0.3, 0.4) is 0 Å². The van der Waals surface area contributed by atoms with E-state index in [1.165, 1.54) is 0 Å². The van der Waals surface area contributed by atoms with E-state index in [-0.39, 0.29) is 19.6 Å². The maximum atomic E-state index is 12.2. The van der Waals surface area contributed by atoms with Gasteiger partial charge in [-0.25, -0.2) is 0 Å². The fraction of sp³-hybridized carbons (Fsp3) is 0. The van der Waals surface area contributed by atoms with Crippen molar-refractivity contribution in [3.05, 3.63) is 72.3 Å². The van der Waals surface area contributed by atoms with Crippen molar-refractivity contribution in [1.29, 1.82) is 0 Å². The van der Waals surface area contributed by atoms with Crippen LogP contribution < -0.4 is 4.46 Å². The molecule has 0 saturated heterocycles. The second-order valence-electron chi connectivity index (χ2n) is 3.49. The molecular weight excluding hydrogens is 275 g/mol. The van der Waals surface area contributed by atoms with Crippen molar-refractivity contribution in [1.82, 2.24) is 0 Å². The molecule has 84 valence electrons. The fourth-order valence-electron chi connectivity index (χ4n) is 1.51. The predicted octanol–water partition coefficient (Wildman–Crippen LogP) is 2.50. The summed E-state index contributed by atoms with van der Waals surface area (Å²) < 4.78 is 1.29. The molecule has 0 heterocycles. The van der Waals surface area contributed by atoms with Gasteiger partial charge in [0.1, 0.15) is 0 Å². The summed E-state index contributed by atoms with van der Waals surface area (Å²) in [5, 5.41) is 0. The Balaban J connectivity index is 2.23. The third-order valence-corrected chi connectivity index (χ3v) is 4.27. The van der Waals surface area contributed by atoms with Crippen LogP contribution >= 0.6 is 0 Å². The van der Waals surface area contributed by atoms with Crippen LogP contribution in [0.2, 0.25) is 0 Å². The van der Waals surface area contributed by atoms with E-state index >= 15 is 0 Å². The SMILES string of the molecule is C=Cc1ccccc1C(=O)[Se]c1ccccc1. The zero-order chi connectivity index (χ0) is 12.1. The molecule has 0 unspecified atom stereocenters. The molecule has 0 atom stereocenters. The predicted molar refractivity (Wildman–Crippen MR) is 72.7 cm³/mol. The van der Waals surface area contributed by atoms with Crippen molar-refractivity contribution in [2.45, 2.75) is 0 Å². The van der Waals surface area contributed by atoms with Crippen LogP contribution in [-0.2, 0) is 0 Å². The first-order valence-electron chi connectivity index (χ1n) is 5.30. The van der Waals surface area contributed by atoms with Crippen LogP contribution in [0.4, 0.5) is 0 Å². The Morgan fingerprint density at radius 2 is 1.65 bits per heavy atom. The van der Waals surface area contributed by atoms with Gasteiger partial charge in [0.2, 0.25) is 0 Å². The minimum atomic E-state index is -0.166. The number of hydrogen-bond acceptors (Lipinski definition) is 1. The number of carbonyl (C=O) groups excluding carboxylic acids is 1. The summed E-state index contributed by atoms with van der Waals surface area (Å²) in [5.41, 5.74) is 1.68. The third kappa shape index (κ3) is 2.94. The number of hydrogen-bond donors (Lipinski definition) is 0. The summed E-state index contributed by atoms with van der Waals surface area (Å²) in [6.07, 6.45) is 1.73. The molecule has 0 amide bonds. The standard InChI is InChI=1S/C15H12OSe/c1-2-12-8-6-7-11-14(12)15(16)17-13-9-4-3-5-10-13/h2-11H,1H2. The van der Waals surface area contributed by atoms with E-state index in [0.717, 1.165) is 15.6 Å². The number of rotatable bonds is 4. The first-order chi connectivity index (χ1) is 8.31. The molecule has 0 spiro atoms. The number of carbonyl (C=O) groups is 1. The third-order valence-electron chi connectivity index (χ3n) is 2.35. The van der Waals surface area contributed by atoms with Gasteiger partial charge in [0.15, 0.2) is 0 Å². The molecule has 0 aromatic heterocycles. The Morgan fingerprint density at radius 3 is 2.35 bits per heavy atom. The van der Waals surface area contributed by atoms with Gasteiger partial charge in [-0.05, 0) is 0 Å². The molecule has 0 saturated carbocycles. The molecule has 0 bridgehead atoms. The molecule has 2 aromatic carbocycles. The van der Waals surface area contributed by atoms with Crippen LogP contribution in [0.25, 0.3) is 6.08 Å². The first kappa shape index (κ1) is 11.8. The van der Waals surface area contributed by atoms with E-state index < -0.39 is 0 Å². The molecule has 0 N–H and O–H groups in total. The van der Waals surface area contributed by atoms with Crippen LogP contribution in [-0.4, -0.2) is 19.6 Å². The first-order valence-corrected chi connectivity index (χ1v) is 7.01. The normalized spacial score (nSPS) is 9.88. The Morgan fingerprint density at radius 1 is 1.00 bits per heavy atom. The second kappa shape index (κ2) is 5.62. The zero-order valence-corrected chi connectivity index (χ0v) is 11.0. The van der Waals surface area contributed by atoms with Crippen molar-refractivity contribution in [2.75, 3.05) is 0 Å². The minimum absolute atomic E-state index is 0.166. The Bertz CT molecular complexity index is 532. The van der Waals surface area contributed by atoms with Crippen molar-refractivity contribution < 1.29 is 4.79 Å². The molecule has 0 aliphatic heterocycles. The van der Waals surface area contributed by atoms with E-state index in [1.807, 2.05) is 54.6 Å². The van der Waals surface area contributed by atoms with Gasteiger partial charge < -0.3 is 0 Å². The average Bonchev–Trinajstić information content (AvgIpc) is 2.40. The van der Waals surface area contributed by atoms with Crippen LogP contribution in [0.15, 0.2) is 61.2 Å². The van der Waals surface area contributed by atoms with Gasteiger partial charge in [0.05, 0.1) is 0 Å². The molecule has 2 aromatic rings. The van der Waals surface area contributed by atoms with Gasteiger partial charge in [0, 0.05) is 0 Å². The zero-order valence-electron chi connectivity index (χ0n) is 9.30. The van der Waals surface area contributed by atoms with Gasteiger partial charge in [-0.3, -0.25) is 0 Å². The quantitative estimate of drug-likeness (QED) is 0.790. The molecule has 0 radical (unpaired) electrons. The molecule has 0 fully saturated rings. The van der Waals surface area contributed by atoms with Gasteiger partial charge in [0.25, 0.3) is 0 Å². The summed E-state index contributed by atoms with van der Waals surface area (Å²) in [7, 11) is 0. The van der Waals surface area contributed by atoms with E-state index in [0.29, 0.717) is 0 Å². The molecule has 0 aliphatic rings. The summed E-state index contributed by atoms with van der Waals surface area (Å²) in [4.78, 5) is 12.2. The molecule has 2 heteroatoms. The summed E-state index contributed by atoms with van der Waals surface area (Å²) in [5.74, 6) is 0. The van der Waals surface area contributed by atoms with Crippen LogP contribution in [0, 0.1) is 0 Å². The molecular formula is C15H12OSe. The molecule has 0 aliphatic carbocycles. The van der Waals surface area contributed by atoms with E-state index in [9.17, 15) is 4.79 Å². The topological polar surface area (TPSA) is 17.1 Å². The van der Waals surface area contributed by atoms with Gasteiger partial charge >= 0.3 is 107 Å². The molecule has 1 nitrogen and oxygen atoms in total. The molecule has 17 heavy (non-hydrogen) atoms. The maximum absolute atomic E-state index is 12.2. The van der Waals surface area contributed by atoms with Gasteiger partial charge in [-0.1, -0.05) is 0 Å². The Kier molecular flexibility index (Phi) is 3.92. The second-order valence-corrected chi connectivity index (χ2v) is 5.69. The van der Waals surface area contributed by atoms with Crippen molar-refractivity contribution in [3.8, 4) is 0 Å². The van der Waals surface area contributed by atoms with Crippen LogP contribution in [0.1, 0.15) is 15.9 Å². The van der Waals surface area contributed by atoms with E-state index in [2.05, 4.69) is 6.58 Å². The monoisotopic (exact) mass is 288 g/mol. The van der Waals surface area contributed by atoms with Gasteiger partial charge in [-0.2, -0.15) is 0 Å². The molecule has 2 rings (SSSR count).